The maximum atomic E-state index is 12.0. The highest BCUT2D eigenvalue weighted by molar-refractivity contribution is 7.15. The maximum Gasteiger partial charge on any atom is 0.267 e. The highest BCUT2D eigenvalue weighted by Gasteiger charge is 2.07. The van der Waals surface area contributed by atoms with Gasteiger partial charge in [-0.25, -0.2) is 4.68 Å². The van der Waals surface area contributed by atoms with Gasteiger partial charge in [0.05, 0.1) is 11.4 Å². The molecule has 106 valence electrons. The largest absolute Gasteiger partial charge is 0.268 e. The van der Waals surface area contributed by atoms with Gasteiger partial charge in [-0.15, -0.1) is 11.3 Å². The zero-order chi connectivity index (χ0) is 14.8. The van der Waals surface area contributed by atoms with E-state index in [1.54, 1.807) is 23.5 Å². The van der Waals surface area contributed by atoms with Crippen LogP contribution in [-0.2, 0) is 6.54 Å². The van der Waals surface area contributed by atoms with Crippen LogP contribution in [0.3, 0.4) is 0 Å². The van der Waals surface area contributed by atoms with Crippen LogP contribution in [0.25, 0.3) is 10.6 Å². The first-order valence-electron chi connectivity index (χ1n) is 6.52. The molecule has 3 rings (SSSR count). The topological polar surface area (TPSA) is 34.9 Å². The first kappa shape index (κ1) is 14.0. The second-order valence-corrected chi connectivity index (χ2v) is 6.41. The summed E-state index contributed by atoms with van der Waals surface area (Å²) in [5.41, 5.74) is 1.56. The van der Waals surface area contributed by atoms with Crippen molar-refractivity contribution >= 4 is 22.9 Å². The molecule has 5 heteroatoms. The van der Waals surface area contributed by atoms with Crippen molar-refractivity contribution in [2.75, 3.05) is 0 Å². The van der Waals surface area contributed by atoms with Gasteiger partial charge < -0.3 is 0 Å². The quantitative estimate of drug-likeness (QED) is 0.732. The fourth-order valence-electron chi connectivity index (χ4n) is 2.05. The van der Waals surface area contributed by atoms with Crippen molar-refractivity contribution in [3.05, 3.63) is 74.3 Å². The number of thiophene rings is 1. The predicted octanol–water partition coefficient (Wildman–Crippen LogP) is 3.98. The molecule has 0 saturated carbocycles. The molecule has 0 aliphatic heterocycles. The van der Waals surface area contributed by atoms with E-state index < -0.39 is 0 Å². The van der Waals surface area contributed by atoms with Crippen molar-refractivity contribution in [3.63, 3.8) is 0 Å². The third-order valence-electron chi connectivity index (χ3n) is 3.14. The molecule has 3 aromatic rings. The summed E-state index contributed by atoms with van der Waals surface area (Å²) in [4.78, 5) is 14.3. The molecule has 0 aliphatic carbocycles. The van der Waals surface area contributed by atoms with Crippen LogP contribution in [0.2, 0.25) is 5.02 Å². The Labute approximate surface area is 131 Å². The number of hydrogen-bond acceptors (Lipinski definition) is 3. The molecule has 0 amide bonds. The zero-order valence-electron chi connectivity index (χ0n) is 11.4. The van der Waals surface area contributed by atoms with E-state index in [4.69, 9.17) is 11.6 Å². The Morgan fingerprint density at radius 1 is 1.14 bits per heavy atom. The van der Waals surface area contributed by atoms with Crippen LogP contribution >= 0.6 is 22.9 Å². The van der Waals surface area contributed by atoms with Crippen LogP contribution < -0.4 is 5.56 Å². The Kier molecular flexibility index (Phi) is 3.90. The van der Waals surface area contributed by atoms with E-state index in [1.165, 1.54) is 9.56 Å². The van der Waals surface area contributed by atoms with E-state index in [-0.39, 0.29) is 5.56 Å². The third-order valence-corrected chi connectivity index (χ3v) is 4.53. The molecule has 2 heterocycles. The van der Waals surface area contributed by atoms with Crippen molar-refractivity contribution in [1.29, 1.82) is 0 Å². The molecule has 0 atom stereocenters. The van der Waals surface area contributed by atoms with Gasteiger partial charge in [-0.2, -0.15) is 5.10 Å². The summed E-state index contributed by atoms with van der Waals surface area (Å²) in [7, 11) is 0. The van der Waals surface area contributed by atoms with Gasteiger partial charge in [0, 0.05) is 16.0 Å². The first-order valence-corrected chi connectivity index (χ1v) is 7.71. The van der Waals surface area contributed by atoms with Crippen LogP contribution in [0.1, 0.15) is 10.4 Å². The molecular weight excluding hydrogens is 304 g/mol. The van der Waals surface area contributed by atoms with Crippen molar-refractivity contribution < 1.29 is 0 Å². The van der Waals surface area contributed by atoms with Crippen LogP contribution in [0, 0.1) is 6.92 Å². The average Bonchev–Trinajstić information content (AvgIpc) is 2.90. The first-order chi connectivity index (χ1) is 10.1. The van der Waals surface area contributed by atoms with Gasteiger partial charge in [-0.05, 0) is 36.8 Å². The molecule has 0 saturated heterocycles. The summed E-state index contributed by atoms with van der Waals surface area (Å²) >= 11 is 7.81. The predicted molar refractivity (Wildman–Crippen MR) is 87.1 cm³/mol. The third kappa shape index (κ3) is 3.06. The molecule has 0 aliphatic rings. The fourth-order valence-corrected chi connectivity index (χ4v) is 3.08. The summed E-state index contributed by atoms with van der Waals surface area (Å²) in [5, 5.41) is 5.09. The number of aromatic nitrogens is 2. The van der Waals surface area contributed by atoms with Crippen molar-refractivity contribution in [2.45, 2.75) is 13.5 Å². The SMILES string of the molecule is Cc1ccc(-c2ccc(=O)n(Cc3ccccc3Cl)n2)s1. The lowest BCUT2D eigenvalue weighted by Gasteiger charge is -2.07. The summed E-state index contributed by atoms with van der Waals surface area (Å²) in [6.45, 7) is 2.42. The minimum absolute atomic E-state index is 0.132. The molecule has 0 fully saturated rings. The van der Waals surface area contributed by atoms with E-state index in [0.717, 1.165) is 16.1 Å². The van der Waals surface area contributed by atoms with E-state index >= 15 is 0 Å². The van der Waals surface area contributed by atoms with Gasteiger partial charge in [0.1, 0.15) is 5.69 Å². The summed E-state index contributed by atoms with van der Waals surface area (Å²) in [6.07, 6.45) is 0. The average molecular weight is 317 g/mol. The number of rotatable bonds is 3. The number of benzene rings is 1. The molecule has 2 aromatic heterocycles. The van der Waals surface area contributed by atoms with Crippen molar-refractivity contribution in [1.82, 2.24) is 9.78 Å². The van der Waals surface area contributed by atoms with Crippen LogP contribution in [0.4, 0.5) is 0 Å². The molecule has 21 heavy (non-hydrogen) atoms. The molecule has 3 nitrogen and oxygen atoms in total. The normalized spacial score (nSPS) is 10.8. The van der Waals surface area contributed by atoms with Crippen LogP contribution in [-0.4, -0.2) is 9.78 Å². The summed E-state index contributed by atoms with van der Waals surface area (Å²) < 4.78 is 1.45. The van der Waals surface area contributed by atoms with E-state index in [2.05, 4.69) is 5.10 Å². The Hall–Kier alpha value is -1.91. The molecule has 0 unspecified atom stereocenters. The van der Waals surface area contributed by atoms with Crippen LogP contribution in [0.15, 0.2) is 53.3 Å². The van der Waals surface area contributed by atoms with Gasteiger partial charge in [0.15, 0.2) is 0 Å². The fraction of sp³-hybridized carbons (Fsp3) is 0.125. The number of nitrogens with zero attached hydrogens (tertiary/aromatic N) is 2. The summed E-state index contributed by atoms with van der Waals surface area (Å²) in [6, 6.07) is 14.9. The monoisotopic (exact) mass is 316 g/mol. The molecule has 0 bridgehead atoms. The number of halogens is 1. The zero-order valence-corrected chi connectivity index (χ0v) is 13.0. The minimum Gasteiger partial charge on any atom is -0.268 e. The van der Waals surface area contributed by atoms with E-state index in [1.807, 2.05) is 43.3 Å². The Morgan fingerprint density at radius 2 is 1.95 bits per heavy atom. The second-order valence-electron chi connectivity index (χ2n) is 4.72. The summed E-state index contributed by atoms with van der Waals surface area (Å²) in [5.74, 6) is 0. The molecule has 1 aromatic carbocycles. The van der Waals surface area contributed by atoms with Crippen molar-refractivity contribution in [3.8, 4) is 10.6 Å². The molecular formula is C16H13ClN2OS. The smallest absolute Gasteiger partial charge is 0.267 e. The van der Waals surface area contributed by atoms with Crippen LogP contribution in [0.5, 0.6) is 0 Å². The molecule has 0 radical (unpaired) electrons. The minimum atomic E-state index is -0.132. The lowest BCUT2D eigenvalue weighted by atomic mass is 10.2. The maximum absolute atomic E-state index is 12.0. The lowest BCUT2D eigenvalue weighted by Crippen LogP contribution is -2.22. The Bertz CT molecular complexity index is 838. The molecule has 0 N–H and O–H groups in total. The van der Waals surface area contributed by atoms with E-state index in [9.17, 15) is 4.79 Å². The Balaban J connectivity index is 1.99. The lowest BCUT2D eigenvalue weighted by molar-refractivity contribution is 0.643. The van der Waals surface area contributed by atoms with E-state index in [0.29, 0.717) is 11.6 Å². The number of aryl methyl sites for hydroxylation is 1. The Morgan fingerprint density at radius 3 is 2.67 bits per heavy atom. The highest BCUT2D eigenvalue weighted by Crippen LogP contribution is 2.25. The molecule has 0 spiro atoms. The standard InChI is InChI=1S/C16H13ClN2OS/c1-11-6-8-15(21-11)14-7-9-16(20)19(18-14)10-12-4-2-3-5-13(12)17/h2-9H,10H2,1H3. The van der Waals surface area contributed by atoms with Gasteiger partial charge in [0.25, 0.3) is 5.56 Å². The number of hydrogen-bond donors (Lipinski definition) is 0. The van der Waals surface area contributed by atoms with Gasteiger partial charge in [0.2, 0.25) is 0 Å². The van der Waals surface area contributed by atoms with Crippen molar-refractivity contribution in [2.24, 2.45) is 0 Å². The second kappa shape index (κ2) is 5.84. The van der Waals surface area contributed by atoms with Gasteiger partial charge >= 0.3 is 0 Å². The van der Waals surface area contributed by atoms with Gasteiger partial charge in [-0.3, -0.25) is 4.79 Å². The highest BCUT2D eigenvalue weighted by atomic mass is 35.5. The van der Waals surface area contributed by atoms with Gasteiger partial charge in [-0.1, -0.05) is 29.8 Å².